The molecule has 0 N–H and O–H groups in total. The van der Waals surface area contributed by atoms with Crippen LogP contribution in [0.3, 0.4) is 0 Å². The first-order valence-corrected chi connectivity index (χ1v) is 12.3. The van der Waals surface area contributed by atoms with E-state index in [0.717, 1.165) is 0 Å². The average Bonchev–Trinajstić information content (AvgIpc) is 2.82. The largest absolute Gasteiger partial charge is 0.460 e. The number of rotatable bonds is 10. The summed E-state index contributed by atoms with van der Waals surface area (Å²) in [5.74, 6) is -35.2. The quantitative estimate of drug-likeness (QED) is 0.142. The lowest BCUT2D eigenvalue weighted by molar-refractivity contribution is -0.354. The molecule has 0 aromatic carbocycles. The minimum atomic E-state index is -7.00. The fourth-order valence-corrected chi connectivity index (χ4v) is 5.87. The van der Waals surface area contributed by atoms with Crippen LogP contribution in [0.15, 0.2) is 12.2 Å². The number of carbonyl (C=O) groups is 4. The van der Waals surface area contributed by atoms with Crippen molar-refractivity contribution in [2.24, 2.45) is 11.8 Å². The van der Waals surface area contributed by atoms with Crippen molar-refractivity contribution >= 4 is 23.9 Å². The summed E-state index contributed by atoms with van der Waals surface area (Å²) < 4.78 is 168. The molecule has 244 valence electrons. The van der Waals surface area contributed by atoms with Crippen LogP contribution >= 0.6 is 0 Å². The topological polar surface area (TPSA) is 105 Å². The summed E-state index contributed by atoms with van der Waals surface area (Å²) in [7, 11) is 0. The van der Waals surface area contributed by atoms with E-state index in [2.05, 4.69) is 20.8 Å². The third kappa shape index (κ3) is 5.99. The van der Waals surface area contributed by atoms with Gasteiger partial charge in [0.1, 0.15) is 11.7 Å². The zero-order valence-corrected chi connectivity index (χ0v) is 22.1. The molecule has 4 aliphatic rings. The SMILES string of the molecule is C=C(C)C(=O)OCC(=O)OC12CC3CC(C1)C(OC(=O)C(F)(F)C(C)(F)F)C(OC(=O)C(F)(F)C(F)(F)C(F)(F)F)(C3)C2. The second-order valence-electron chi connectivity index (χ2n) is 11.1. The number of carbonyl (C=O) groups excluding carboxylic acids is 4. The molecule has 0 aromatic rings. The average molecular weight is 648 g/mol. The van der Waals surface area contributed by atoms with Crippen molar-refractivity contribution in [1.29, 1.82) is 0 Å². The van der Waals surface area contributed by atoms with E-state index in [4.69, 9.17) is 4.74 Å². The van der Waals surface area contributed by atoms with Gasteiger partial charge in [-0.3, -0.25) is 0 Å². The second-order valence-corrected chi connectivity index (χ2v) is 11.1. The molecule has 43 heavy (non-hydrogen) atoms. The molecule has 0 heterocycles. The number of hydrogen-bond acceptors (Lipinski definition) is 8. The monoisotopic (exact) mass is 648 g/mol. The van der Waals surface area contributed by atoms with Gasteiger partial charge in [0.25, 0.3) is 0 Å². The number of hydrogen-bond donors (Lipinski definition) is 0. The Bertz CT molecular complexity index is 1190. The maximum atomic E-state index is 14.2. The van der Waals surface area contributed by atoms with Crippen molar-refractivity contribution in [1.82, 2.24) is 0 Å². The molecule has 0 aromatic heterocycles. The van der Waals surface area contributed by atoms with Crippen molar-refractivity contribution in [3.05, 3.63) is 12.2 Å². The lowest BCUT2D eigenvalue weighted by Crippen LogP contribution is -2.71. The zero-order valence-electron chi connectivity index (χ0n) is 22.1. The molecule has 4 aliphatic carbocycles. The summed E-state index contributed by atoms with van der Waals surface area (Å²) in [5, 5.41) is 0. The number of halogens is 11. The molecule has 5 atom stereocenters. The Morgan fingerprint density at radius 2 is 1.42 bits per heavy atom. The molecule has 4 fully saturated rings. The molecule has 5 unspecified atom stereocenters. The Morgan fingerprint density at radius 3 is 1.93 bits per heavy atom. The summed E-state index contributed by atoms with van der Waals surface area (Å²) in [6.07, 6.45) is -11.9. The minimum Gasteiger partial charge on any atom is -0.456 e. The minimum absolute atomic E-state index is 0.135. The van der Waals surface area contributed by atoms with Crippen molar-refractivity contribution < 1.29 is 86.4 Å². The number of ether oxygens (including phenoxy) is 4. The summed E-state index contributed by atoms with van der Waals surface area (Å²) in [4.78, 5) is 48.4. The highest BCUT2D eigenvalue weighted by Crippen LogP contribution is 2.62. The first-order chi connectivity index (χ1) is 19.2. The van der Waals surface area contributed by atoms with Gasteiger partial charge >= 0.3 is 53.7 Å². The van der Waals surface area contributed by atoms with E-state index < -0.39 is 109 Å². The summed E-state index contributed by atoms with van der Waals surface area (Å²) in [6, 6.07) is 0. The van der Waals surface area contributed by atoms with Crippen LogP contribution in [0.5, 0.6) is 0 Å². The fourth-order valence-electron chi connectivity index (χ4n) is 5.87. The Morgan fingerprint density at radius 1 is 0.837 bits per heavy atom. The van der Waals surface area contributed by atoms with Crippen LogP contribution in [0.1, 0.15) is 46.0 Å². The molecule has 0 amide bonds. The lowest BCUT2D eigenvalue weighted by atomic mass is 9.50. The summed E-state index contributed by atoms with van der Waals surface area (Å²) in [5.41, 5.74) is -4.94. The molecule has 4 rings (SSSR count). The zero-order chi connectivity index (χ0) is 33.2. The standard InChI is InChI=1S/C24H23F11O8/c1-10(2)15(37)40-8-13(36)42-19-5-11-4-12(7-19)14(41-16(38)21(27,28)18(3,25)26)20(6-11,9-19)43-17(39)22(29,30)23(31,32)24(33,34)35/h11-12,14H,1,4-9H2,2-3H3. The Kier molecular flexibility index (Phi) is 8.38. The maximum Gasteiger partial charge on any atom is 0.460 e. The molecule has 4 saturated carbocycles. The molecule has 0 radical (unpaired) electrons. The van der Waals surface area contributed by atoms with Crippen LogP contribution in [-0.4, -0.2) is 77.7 Å². The molecule has 0 aliphatic heterocycles. The highest BCUT2D eigenvalue weighted by molar-refractivity contribution is 5.88. The van der Waals surface area contributed by atoms with E-state index in [9.17, 15) is 67.5 Å². The van der Waals surface area contributed by atoms with Crippen LogP contribution in [-0.2, 0) is 38.1 Å². The molecule has 19 heteroatoms. The van der Waals surface area contributed by atoms with Crippen molar-refractivity contribution in [3.8, 4) is 0 Å². The molecule has 0 spiro atoms. The van der Waals surface area contributed by atoms with Crippen molar-refractivity contribution in [2.45, 2.75) is 93.1 Å². The van der Waals surface area contributed by atoms with Gasteiger partial charge in [0.15, 0.2) is 12.2 Å². The van der Waals surface area contributed by atoms with E-state index in [-0.39, 0.29) is 25.3 Å². The van der Waals surface area contributed by atoms with Gasteiger partial charge in [-0.1, -0.05) is 6.58 Å². The highest BCUT2D eigenvalue weighted by Gasteiger charge is 2.79. The van der Waals surface area contributed by atoms with Gasteiger partial charge < -0.3 is 18.9 Å². The van der Waals surface area contributed by atoms with E-state index in [1.807, 2.05) is 0 Å². The molecule has 4 bridgehead atoms. The Labute approximate surface area is 234 Å². The summed E-state index contributed by atoms with van der Waals surface area (Å²) >= 11 is 0. The molecular weight excluding hydrogens is 625 g/mol. The van der Waals surface area contributed by atoms with Crippen LogP contribution in [0.2, 0.25) is 0 Å². The lowest BCUT2D eigenvalue weighted by Gasteiger charge is -2.62. The van der Waals surface area contributed by atoms with E-state index >= 15 is 0 Å². The van der Waals surface area contributed by atoms with E-state index in [1.165, 1.54) is 6.92 Å². The van der Waals surface area contributed by atoms with Gasteiger partial charge in [-0.05, 0) is 38.5 Å². The smallest absolute Gasteiger partial charge is 0.456 e. The van der Waals surface area contributed by atoms with Crippen LogP contribution < -0.4 is 0 Å². The van der Waals surface area contributed by atoms with Gasteiger partial charge in [-0.15, -0.1) is 0 Å². The Balaban J connectivity index is 2.00. The highest BCUT2D eigenvalue weighted by atomic mass is 19.4. The molecule has 8 nitrogen and oxygen atoms in total. The second kappa shape index (κ2) is 10.5. The number of esters is 4. The van der Waals surface area contributed by atoms with Crippen LogP contribution in [0.4, 0.5) is 48.3 Å². The van der Waals surface area contributed by atoms with Crippen LogP contribution in [0, 0.1) is 11.8 Å². The number of alkyl halides is 11. The Hall–Kier alpha value is -3.15. The predicted molar refractivity (Wildman–Crippen MR) is 115 cm³/mol. The van der Waals surface area contributed by atoms with Gasteiger partial charge in [0.05, 0.1) is 0 Å². The third-order valence-electron chi connectivity index (χ3n) is 7.48. The van der Waals surface area contributed by atoms with Crippen molar-refractivity contribution in [2.75, 3.05) is 6.61 Å². The normalized spacial score (nSPS) is 29.1. The molecular formula is C24H23F11O8. The van der Waals surface area contributed by atoms with Gasteiger partial charge in [0, 0.05) is 24.8 Å². The van der Waals surface area contributed by atoms with Gasteiger partial charge in [0.2, 0.25) is 0 Å². The van der Waals surface area contributed by atoms with Crippen molar-refractivity contribution in [3.63, 3.8) is 0 Å². The first kappa shape index (κ1) is 34.3. The predicted octanol–water partition coefficient (Wildman–Crippen LogP) is 4.93. The maximum absolute atomic E-state index is 14.2. The van der Waals surface area contributed by atoms with E-state index in [1.54, 1.807) is 0 Å². The van der Waals surface area contributed by atoms with Gasteiger partial charge in [-0.2, -0.15) is 48.3 Å². The first-order valence-electron chi connectivity index (χ1n) is 12.3. The van der Waals surface area contributed by atoms with Gasteiger partial charge in [-0.25, -0.2) is 19.2 Å². The third-order valence-corrected chi connectivity index (χ3v) is 7.48. The fraction of sp³-hybridized carbons (Fsp3) is 0.750. The van der Waals surface area contributed by atoms with Crippen LogP contribution in [0.25, 0.3) is 0 Å². The van der Waals surface area contributed by atoms with E-state index in [0.29, 0.717) is 0 Å². The molecule has 0 saturated heterocycles. The summed E-state index contributed by atoms with van der Waals surface area (Å²) in [6.45, 7) is 3.07.